The number of hydrogen-bond donors (Lipinski definition) is 1. The maximum atomic E-state index is 13.4. The van der Waals surface area contributed by atoms with Gasteiger partial charge in [0.2, 0.25) is 21.8 Å². The second-order valence-corrected chi connectivity index (χ2v) is 9.73. The minimum absolute atomic E-state index is 0.104. The standard InChI is InChI=1S/C22H28ClN3O5S/c1-15-6-11-20(31-4)19(12-15)26(32(5,29)30)14-21(27)25(16(2)22(28)24-3)13-17-7-9-18(23)10-8-17/h6-12,16H,13-14H2,1-5H3,(H,24,28)/t16-/m0/s1. The predicted octanol–water partition coefficient (Wildman–Crippen LogP) is 2.59. The molecule has 1 atom stereocenters. The van der Waals surface area contributed by atoms with Gasteiger partial charge < -0.3 is 15.0 Å². The lowest BCUT2D eigenvalue weighted by atomic mass is 10.1. The van der Waals surface area contributed by atoms with E-state index < -0.39 is 28.5 Å². The molecule has 0 radical (unpaired) electrons. The average Bonchev–Trinajstić information content (AvgIpc) is 2.75. The summed E-state index contributed by atoms with van der Waals surface area (Å²) in [5.41, 5.74) is 1.80. The minimum Gasteiger partial charge on any atom is -0.495 e. The van der Waals surface area contributed by atoms with E-state index in [2.05, 4.69) is 5.32 Å². The van der Waals surface area contributed by atoms with Gasteiger partial charge in [-0.05, 0) is 49.2 Å². The number of methoxy groups -OCH3 is 1. The van der Waals surface area contributed by atoms with Crippen molar-refractivity contribution in [1.29, 1.82) is 0 Å². The number of nitrogens with one attached hydrogen (secondary N) is 1. The van der Waals surface area contributed by atoms with Gasteiger partial charge in [0.1, 0.15) is 18.3 Å². The molecule has 8 nitrogen and oxygen atoms in total. The van der Waals surface area contributed by atoms with Crippen molar-refractivity contribution in [3.8, 4) is 5.75 Å². The molecular formula is C22H28ClN3O5S. The second-order valence-electron chi connectivity index (χ2n) is 7.38. The number of likely N-dealkylation sites (N-methyl/N-ethyl adjacent to an activating group) is 1. The molecule has 10 heteroatoms. The predicted molar refractivity (Wildman–Crippen MR) is 125 cm³/mol. The molecule has 0 aliphatic heterocycles. The topological polar surface area (TPSA) is 96.0 Å². The summed E-state index contributed by atoms with van der Waals surface area (Å²) >= 11 is 5.94. The van der Waals surface area contributed by atoms with Crippen molar-refractivity contribution in [3.63, 3.8) is 0 Å². The fourth-order valence-corrected chi connectivity index (χ4v) is 4.14. The van der Waals surface area contributed by atoms with Crippen molar-refractivity contribution >= 4 is 39.1 Å². The molecule has 0 fully saturated rings. The molecule has 0 saturated heterocycles. The molecule has 0 aromatic heterocycles. The Hall–Kier alpha value is -2.78. The van der Waals surface area contributed by atoms with Crippen LogP contribution in [0.3, 0.4) is 0 Å². The van der Waals surface area contributed by atoms with E-state index >= 15 is 0 Å². The Balaban J connectivity index is 2.44. The van der Waals surface area contributed by atoms with E-state index in [1.54, 1.807) is 49.4 Å². The van der Waals surface area contributed by atoms with E-state index in [0.29, 0.717) is 10.8 Å². The Morgan fingerprint density at radius 1 is 1.16 bits per heavy atom. The van der Waals surface area contributed by atoms with Crippen LogP contribution in [0.25, 0.3) is 0 Å². The van der Waals surface area contributed by atoms with Gasteiger partial charge in [-0.1, -0.05) is 29.8 Å². The van der Waals surface area contributed by atoms with Gasteiger partial charge in [0.15, 0.2) is 0 Å². The van der Waals surface area contributed by atoms with Crippen molar-refractivity contribution in [2.24, 2.45) is 0 Å². The zero-order chi connectivity index (χ0) is 24.1. The van der Waals surface area contributed by atoms with Crippen LogP contribution in [0.4, 0.5) is 5.69 Å². The summed E-state index contributed by atoms with van der Waals surface area (Å²) in [4.78, 5) is 27.0. The van der Waals surface area contributed by atoms with E-state index in [1.807, 2.05) is 6.92 Å². The molecule has 0 spiro atoms. The summed E-state index contributed by atoms with van der Waals surface area (Å²) in [6.45, 7) is 3.01. The Labute approximate surface area is 194 Å². The molecule has 0 saturated carbocycles. The maximum absolute atomic E-state index is 13.4. The van der Waals surface area contributed by atoms with E-state index in [0.717, 1.165) is 21.7 Å². The molecular weight excluding hydrogens is 454 g/mol. The molecule has 2 amide bonds. The number of anilines is 1. The van der Waals surface area contributed by atoms with Gasteiger partial charge in [-0.15, -0.1) is 0 Å². The number of amides is 2. The SMILES string of the molecule is CNC(=O)[C@H](C)N(Cc1ccc(Cl)cc1)C(=O)CN(c1cc(C)ccc1OC)S(C)(=O)=O. The first-order valence-corrected chi connectivity index (χ1v) is 12.1. The Kier molecular flexibility index (Phi) is 8.51. The molecule has 0 aliphatic carbocycles. The molecule has 0 aliphatic rings. The van der Waals surface area contributed by atoms with Crippen LogP contribution in [-0.4, -0.2) is 58.1 Å². The highest BCUT2D eigenvalue weighted by atomic mass is 35.5. The van der Waals surface area contributed by atoms with E-state index in [1.165, 1.54) is 19.1 Å². The molecule has 1 N–H and O–H groups in total. The van der Waals surface area contributed by atoms with Crippen molar-refractivity contribution in [2.75, 3.05) is 31.3 Å². The largest absolute Gasteiger partial charge is 0.495 e. The number of nitrogens with zero attached hydrogens (tertiary/aromatic N) is 2. The summed E-state index contributed by atoms with van der Waals surface area (Å²) in [5, 5.41) is 3.07. The molecule has 2 aromatic carbocycles. The lowest BCUT2D eigenvalue weighted by Gasteiger charge is -2.31. The van der Waals surface area contributed by atoms with Crippen LogP contribution >= 0.6 is 11.6 Å². The number of benzene rings is 2. The summed E-state index contributed by atoms with van der Waals surface area (Å²) in [7, 11) is -0.934. The summed E-state index contributed by atoms with van der Waals surface area (Å²) in [6, 6.07) is 11.1. The number of aryl methyl sites for hydroxylation is 1. The number of hydrogen-bond acceptors (Lipinski definition) is 5. The quantitative estimate of drug-likeness (QED) is 0.594. The molecule has 0 bridgehead atoms. The first-order chi connectivity index (χ1) is 15.0. The minimum atomic E-state index is -3.84. The van der Waals surface area contributed by atoms with Crippen molar-refractivity contribution in [3.05, 3.63) is 58.6 Å². The van der Waals surface area contributed by atoms with Gasteiger partial charge in [-0.25, -0.2) is 8.42 Å². The van der Waals surface area contributed by atoms with Crippen LogP contribution in [0.15, 0.2) is 42.5 Å². The summed E-state index contributed by atoms with van der Waals surface area (Å²) in [6.07, 6.45) is 1.02. The van der Waals surface area contributed by atoms with Gasteiger partial charge in [0.25, 0.3) is 0 Å². The van der Waals surface area contributed by atoms with Crippen LogP contribution in [0.2, 0.25) is 5.02 Å². The lowest BCUT2D eigenvalue weighted by Crippen LogP contribution is -2.50. The average molecular weight is 482 g/mol. The molecule has 2 rings (SSSR count). The van der Waals surface area contributed by atoms with E-state index in [9.17, 15) is 18.0 Å². The normalized spacial score (nSPS) is 12.1. The molecule has 0 heterocycles. The molecule has 32 heavy (non-hydrogen) atoms. The Morgan fingerprint density at radius 3 is 2.31 bits per heavy atom. The van der Waals surface area contributed by atoms with E-state index in [-0.39, 0.29) is 18.1 Å². The Bertz CT molecular complexity index is 1070. The van der Waals surface area contributed by atoms with Gasteiger partial charge in [-0.3, -0.25) is 13.9 Å². The fraction of sp³-hybridized carbons (Fsp3) is 0.364. The first-order valence-electron chi connectivity index (χ1n) is 9.85. The van der Waals surface area contributed by atoms with Gasteiger partial charge >= 0.3 is 0 Å². The number of carbonyl (C=O) groups excluding carboxylic acids is 2. The van der Waals surface area contributed by atoms with Crippen LogP contribution in [-0.2, 0) is 26.2 Å². The molecule has 174 valence electrons. The number of ether oxygens (including phenoxy) is 1. The van der Waals surface area contributed by atoms with Crippen molar-refractivity contribution < 1.29 is 22.7 Å². The highest BCUT2D eigenvalue weighted by Crippen LogP contribution is 2.31. The monoisotopic (exact) mass is 481 g/mol. The lowest BCUT2D eigenvalue weighted by molar-refractivity contribution is -0.139. The zero-order valence-corrected chi connectivity index (χ0v) is 20.3. The summed E-state index contributed by atoms with van der Waals surface area (Å²) in [5.74, 6) is -0.589. The number of rotatable bonds is 9. The van der Waals surface area contributed by atoms with Gasteiger partial charge in [0.05, 0.1) is 19.1 Å². The van der Waals surface area contributed by atoms with Crippen LogP contribution < -0.4 is 14.4 Å². The van der Waals surface area contributed by atoms with Gasteiger partial charge in [0, 0.05) is 18.6 Å². The summed E-state index contributed by atoms with van der Waals surface area (Å²) < 4.78 is 31.6. The first kappa shape index (κ1) is 25.5. The highest BCUT2D eigenvalue weighted by Gasteiger charge is 2.30. The molecule has 0 unspecified atom stereocenters. The third kappa shape index (κ3) is 6.37. The zero-order valence-electron chi connectivity index (χ0n) is 18.8. The van der Waals surface area contributed by atoms with Gasteiger partial charge in [-0.2, -0.15) is 0 Å². The van der Waals surface area contributed by atoms with Crippen LogP contribution in [0, 0.1) is 6.92 Å². The highest BCUT2D eigenvalue weighted by molar-refractivity contribution is 7.92. The number of halogens is 1. The van der Waals surface area contributed by atoms with Crippen LogP contribution in [0.5, 0.6) is 5.75 Å². The number of sulfonamides is 1. The maximum Gasteiger partial charge on any atom is 0.244 e. The van der Waals surface area contributed by atoms with E-state index in [4.69, 9.17) is 16.3 Å². The third-order valence-corrected chi connectivity index (χ3v) is 6.34. The third-order valence-electron chi connectivity index (χ3n) is 4.96. The second kappa shape index (κ2) is 10.7. The Morgan fingerprint density at radius 2 is 1.78 bits per heavy atom. The fourth-order valence-electron chi connectivity index (χ4n) is 3.17. The number of carbonyl (C=O) groups is 2. The smallest absolute Gasteiger partial charge is 0.244 e. The van der Waals surface area contributed by atoms with Crippen molar-refractivity contribution in [1.82, 2.24) is 10.2 Å². The molecule has 2 aromatic rings. The van der Waals surface area contributed by atoms with Crippen molar-refractivity contribution in [2.45, 2.75) is 26.4 Å². The van der Waals surface area contributed by atoms with Crippen LogP contribution in [0.1, 0.15) is 18.1 Å².